The van der Waals surface area contributed by atoms with Gasteiger partial charge in [-0.25, -0.2) is 0 Å². The van der Waals surface area contributed by atoms with E-state index in [1.54, 1.807) is 0 Å². The van der Waals surface area contributed by atoms with Crippen LogP contribution in [0.2, 0.25) is 0 Å². The third-order valence-corrected chi connectivity index (χ3v) is 5.35. The highest BCUT2D eigenvalue weighted by Crippen LogP contribution is 2.16. The average molecular weight is 394 g/mol. The Morgan fingerprint density at radius 2 is 1.62 bits per heavy atom. The fourth-order valence-corrected chi connectivity index (χ4v) is 3.62. The van der Waals surface area contributed by atoms with E-state index >= 15 is 0 Å². The summed E-state index contributed by atoms with van der Waals surface area (Å²) >= 11 is 0. The SMILES string of the molecule is Cc1ccc(N(CC(=O)NCCc2ccccc2)CC(=O)N2CCCCC2)cc1. The first-order valence-corrected chi connectivity index (χ1v) is 10.5. The molecule has 29 heavy (non-hydrogen) atoms. The van der Waals surface area contributed by atoms with Gasteiger partial charge >= 0.3 is 0 Å². The van der Waals surface area contributed by atoms with Crippen molar-refractivity contribution in [2.24, 2.45) is 0 Å². The fraction of sp³-hybridized carbons (Fsp3) is 0.417. The molecule has 2 amide bonds. The van der Waals surface area contributed by atoms with E-state index in [2.05, 4.69) is 17.4 Å². The van der Waals surface area contributed by atoms with Gasteiger partial charge in [0.2, 0.25) is 11.8 Å². The summed E-state index contributed by atoms with van der Waals surface area (Å²) < 4.78 is 0. The molecule has 0 radical (unpaired) electrons. The number of likely N-dealkylation sites (tertiary alicyclic amines) is 1. The highest BCUT2D eigenvalue weighted by Gasteiger charge is 2.21. The van der Waals surface area contributed by atoms with Crippen molar-refractivity contribution >= 4 is 17.5 Å². The van der Waals surface area contributed by atoms with Gasteiger partial charge in [-0.15, -0.1) is 0 Å². The maximum Gasteiger partial charge on any atom is 0.242 e. The van der Waals surface area contributed by atoms with E-state index in [0.717, 1.165) is 43.6 Å². The quantitative estimate of drug-likeness (QED) is 0.749. The molecular weight excluding hydrogens is 362 g/mol. The monoisotopic (exact) mass is 393 g/mol. The standard InChI is InChI=1S/C24H31N3O2/c1-20-10-12-22(13-11-20)27(19-24(29)26-16-6-3-7-17-26)18-23(28)25-15-14-21-8-4-2-5-9-21/h2,4-5,8-13H,3,6-7,14-19H2,1H3,(H,25,28). The largest absolute Gasteiger partial charge is 0.354 e. The van der Waals surface area contributed by atoms with Crippen molar-refractivity contribution < 1.29 is 9.59 Å². The average Bonchev–Trinajstić information content (AvgIpc) is 2.75. The molecular formula is C24H31N3O2. The Bertz CT molecular complexity index is 784. The lowest BCUT2D eigenvalue weighted by molar-refractivity contribution is -0.130. The zero-order valence-electron chi connectivity index (χ0n) is 17.3. The molecule has 0 atom stereocenters. The van der Waals surface area contributed by atoms with Crippen LogP contribution in [0.3, 0.4) is 0 Å². The van der Waals surface area contributed by atoms with Crippen molar-refractivity contribution in [3.63, 3.8) is 0 Å². The zero-order chi connectivity index (χ0) is 20.5. The van der Waals surface area contributed by atoms with Crippen LogP contribution in [0.4, 0.5) is 5.69 Å². The van der Waals surface area contributed by atoms with E-state index in [0.29, 0.717) is 6.54 Å². The van der Waals surface area contributed by atoms with Gasteiger partial charge in [-0.3, -0.25) is 9.59 Å². The molecule has 3 rings (SSSR count). The van der Waals surface area contributed by atoms with Crippen LogP contribution in [0.15, 0.2) is 54.6 Å². The molecule has 1 fully saturated rings. The maximum atomic E-state index is 12.8. The zero-order valence-corrected chi connectivity index (χ0v) is 17.3. The van der Waals surface area contributed by atoms with Crippen LogP contribution in [0, 0.1) is 6.92 Å². The summed E-state index contributed by atoms with van der Waals surface area (Å²) in [6, 6.07) is 18.1. The number of rotatable bonds is 8. The Balaban J connectivity index is 1.58. The van der Waals surface area contributed by atoms with Crippen LogP contribution >= 0.6 is 0 Å². The minimum Gasteiger partial charge on any atom is -0.354 e. The fourth-order valence-electron chi connectivity index (χ4n) is 3.62. The molecule has 0 aromatic heterocycles. The number of anilines is 1. The molecule has 2 aromatic carbocycles. The number of amides is 2. The second-order valence-electron chi connectivity index (χ2n) is 7.72. The van der Waals surface area contributed by atoms with Crippen LogP contribution in [0.5, 0.6) is 0 Å². The van der Waals surface area contributed by atoms with Crippen LogP contribution in [-0.2, 0) is 16.0 Å². The van der Waals surface area contributed by atoms with Crippen molar-refractivity contribution in [2.75, 3.05) is 37.6 Å². The minimum absolute atomic E-state index is 0.0621. The van der Waals surface area contributed by atoms with E-state index in [9.17, 15) is 9.59 Å². The molecule has 1 heterocycles. The van der Waals surface area contributed by atoms with Gasteiger partial charge in [0, 0.05) is 25.3 Å². The van der Waals surface area contributed by atoms with Crippen LogP contribution < -0.4 is 10.2 Å². The maximum absolute atomic E-state index is 12.8. The summed E-state index contributed by atoms with van der Waals surface area (Å²) in [5.74, 6) is 0.0373. The van der Waals surface area contributed by atoms with Crippen molar-refractivity contribution in [1.82, 2.24) is 10.2 Å². The Kier molecular flexibility index (Phi) is 7.68. The predicted molar refractivity (Wildman–Crippen MR) is 117 cm³/mol. The predicted octanol–water partition coefficient (Wildman–Crippen LogP) is 3.17. The van der Waals surface area contributed by atoms with E-state index in [4.69, 9.17) is 0 Å². The number of hydrogen-bond donors (Lipinski definition) is 1. The molecule has 1 N–H and O–H groups in total. The summed E-state index contributed by atoms with van der Waals surface area (Å²) in [6.45, 7) is 4.67. The molecule has 1 saturated heterocycles. The number of carbonyl (C=O) groups excluding carboxylic acids is 2. The van der Waals surface area contributed by atoms with Crippen LogP contribution in [0.25, 0.3) is 0 Å². The lowest BCUT2D eigenvalue weighted by atomic mass is 10.1. The van der Waals surface area contributed by atoms with Gasteiger partial charge in [-0.05, 0) is 50.3 Å². The molecule has 0 unspecified atom stereocenters. The highest BCUT2D eigenvalue weighted by atomic mass is 16.2. The number of carbonyl (C=O) groups is 2. The van der Waals surface area contributed by atoms with Crippen molar-refractivity contribution in [2.45, 2.75) is 32.6 Å². The molecule has 1 aliphatic rings. The smallest absolute Gasteiger partial charge is 0.242 e. The first kappa shape index (κ1) is 20.9. The van der Waals surface area contributed by atoms with Gasteiger partial charge in [0.05, 0.1) is 13.1 Å². The van der Waals surface area contributed by atoms with Crippen LogP contribution in [-0.4, -0.2) is 49.4 Å². The highest BCUT2D eigenvalue weighted by molar-refractivity contribution is 5.86. The van der Waals surface area contributed by atoms with Gasteiger partial charge < -0.3 is 15.1 Å². The summed E-state index contributed by atoms with van der Waals surface area (Å²) in [4.78, 5) is 29.2. The second kappa shape index (κ2) is 10.6. The van der Waals surface area contributed by atoms with Gasteiger partial charge in [0.15, 0.2) is 0 Å². The van der Waals surface area contributed by atoms with Crippen LogP contribution in [0.1, 0.15) is 30.4 Å². The molecule has 154 valence electrons. The Hall–Kier alpha value is -2.82. The van der Waals surface area contributed by atoms with E-state index in [1.807, 2.05) is 59.2 Å². The van der Waals surface area contributed by atoms with Gasteiger partial charge in [0.1, 0.15) is 0 Å². The Morgan fingerprint density at radius 1 is 0.931 bits per heavy atom. The van der Waals surface area contributed by atoms with Gasteiger partial charge in [-0.1, -0.05) is 48.0 Å². The molecule has 5 nitrogen and oxygen atoms in total. The summed E-state index contributed by atoms with van der Waals surface area (Å²) in [5.41, 5.74) is 3.26. The van der Waals surface area contributed by atoms with E-state index in [-0.39, 0.29) is 24.9 Å². The number of benzene rings is 2. The molecule has 1 aliphatic heterocycles. The summed E-state index contributed by atoms with van der Waals surface area (Å²) in [5, 5.41) is 2.99. The molecule has 0 saturated carbocycles. The first-order chi connectivity index (χ1) is 14.1. The topological polar surface area (TPSA) is 52.7 Å². The number of nitrogens with zero attached hydrogens (tertiary/aromatic N) is 2. The number of aryl methyl sites for hydroxylation is 1. The lowest BCUT2D eigenvalue weighted by Crippen LogP contribution is -2.46. The second-order valence-corrected chi connectivity index (χ2v) is 7.72. The minimum atomic E-state index is -0.0621. The molecule has 0 spiro atoms. The third-order valence-electron chi connectivity index (χ3n) is 5.35. The normalized spacial score (nSPS) is 13.8. The van der Waals surface area contributed by atoms with Gasteiger partial charge in [0.25, 0.3) is 0 Å². The Labute approximate surface area is 173 Å². The lowest BCUT2D eigenvalue weighted by Gasteiger charge is -2.30. The summed E-state index contributed by atoms with van der Waals surface area (Å²) in [6.07, 6.45) is 4.12. The van der Waals surface area contributed by atoms with E-state index < -0.39 is 0 Å². The molecule has 0 aliphatic carbocycles. The molecule has 0 bridgehead atoms. The van der Waals surface area contributed by atoms with E-state index in [1.165, 1.54) is 12.0 Å². The summed E-state index contributed by atoms with van der Waals surface area (Å²) in [7, 11) is 0. The number of piperidine rings is 1. The Morgan fingerprint density at radius 3 is 2.31 bits per heavy atom. The van der Waals surface area contributed by atoms with Crippen molar-refractivity contribution in [3.8, 4) is 0 Å². The first-order valence-electron chi connectivity index (χ1n) is 10.5. The van der Waals surface area contributed by atoms with Gasteiger partial charge in [-0.2, -0.15) is 0 Å². The van der Waals surface area contributed by atoms with Crippen molar-refractivity contribution in [1.29, 1.82) is 0 Å². The van der Waals surface area contributed by atoms with Crippen molar-refractivity contribution in [3.05, 3.63) is 65.7 Å². The number of hydrogen-bond acceptors (Lipinski definition) is 3. The molecule has 2 aromatic rings. The number of nitrogens with one attached hydrogen (secondary N) is 1. The third kappa shape index (κ3) is 6.63. The molecule has 5 heteroatoms.